The molecule has 0 unspecified atom stereocenters. The highest BCUT2D eigenvalue weighted by atomic mass is 16.6. The van der Waals surface area contributed by atoms with Gasteiger partial charge in [-0.15, -0.1) is 0 Å². The molecule has 4 bridgehead atoms. The van der Waals surface area contributed by atoms with Gasteiger partial charge in [-0.05, 0) is 63.4 Å². The molecule has 2 spiro atoms. The molecular formula is C33H41NO4. The van der Waals surface area contributed by atoms with Crippen LogP contribution in [0.4, 0.5) is 0 Å². The van der Waals surface area contributed by atoms with Crippen molar-refractivity contribution in [3.05, 3.63) is 71.3 Å². The van der Waals surface area contributed by atoms with Crippen molar-refractivity contribution in [3.8, 4) is 11.5 Å². The molecule has 8 rings (SSSR count). The van der Waals surface area contributed by atoms with Gasteiger partial charge in [0.1, 0.15) is 11.7 Å². The maximum absolute atomic E-state index is 12.3. The molecule has 1 saturated heterocycles. The second kappa shape index (κ2) is 8.33. The fourth-order valence-corrected chi connectivity index (χ4v) is 9.32. The minimum absolute atomic E-state index is 0.113. The van der Waals surface area contributed by atoms with Gasteiger partial charge >= 0.3 is 0 Å². The maximum atomic E-state index is 12.3. The fraction of sp³-hybridized carbons (Fsp3) is 0.576. The molecule has 7 atom stereocenters. The molecule has 38 heavy (non-hydrogen) atoms. The summed E-state index contributed by atoms with van der Waals surface area (Å²) in [6, 6.07) is 15.1. The first-order valence-corrected chi connectivity index (χ1v) is 14.5. The number of fused-ring (bicyclic) bond motifs is 1. The van der Waals surface area contributed by atoms with Crippen molar-refractivity contribution >= 4 is 0 Å². The molecule has 2 fully saturated rings. The Morgan fingerprint density at radius 3 is 2.74 bits per heavy atom. The molecule has 5 nitrogen and oxygen atoms in total. The second-order valence-electron chi connectivity index (χ2n) is 12.8. The Morgan fingerprint density at radius 2 is 1.97 bits per heavy atom. The summed E-state index contributed by atoms with van der Waals surface area (Å²) in [5.74, 6) is 1.69. The normalized spacial score (nSPS) is 37.4. The number of benzene rings is 2. The SMILES string of the molecule is CCCCOc1ccc2c3c1O[C@H]1[C@@]4(OC)C=C[C@@]5(C[C@@H]4[C@@](C)(O)Cc4ccccc4)[C@@H](C2)N(C)CC[C@]315. The summed E-state index contributed by atoms with van der Waals surface area (Å²) in [6.07, 6.45) is 10.2. The van der Waals surface area contributed by atoms with Crippen molar-refractivity contribution < 1.29 is 19.3 Å². The minimum Gasteiger partial charge on any atom is -0.490 e. The van der Waals surface area contributed by atoms with Gasteiger partial charge in [-0.1, -0.05) is 61.9 Å². The summed E-state index contributed by atoms with van der Waals surface area (Å²) in [6.45, 7) is 5.93. The van der Waals surface area contributed by atoms with Crippen LogP contribution >= 0.6 is 0 Å². The number of rotatable bonds is 8. The zero-order valence-corrected chi connectivity index (χ0v) is 23.2. The molecule has 5 heteroatoms. The van der Waals surface area contributed by atoms with Crippen molar-refractivity contribution in [3.63, 3.8) is 0 Å². The monoisotopic (exact) mass is 515 g/mol. The van der Waals surface area contributed by atoms with E-state index < -0.39 is 11.2 Å². The summed E-state index contributed by atoms with van der Waals surface area (Å²) >= 11 is 0. The number of hydrogen-bond donors (Lipinski definition) is 1. The van der Waals surface area contributed by atoms with Gasteiger partial charge in [0.05, 0.1) is 17.6 Å². The van der Waals surface area contributed by atoms with Crippen LogP contribution in [0.3, 0.4) is 0 Å². The molecule has 2 aromatic carbocycles. The van der Waals surface area contributed by atoms with E-state index in [1.54, 1.807) is 0 Å². The van der Waals surface area contributed by atoms with Crippen LogP contribution in [0.15, 0.2) is 54.6 Å². The Bertz CT molecular complexity index is 1270. The highest BCUT2D eigenvalue weighted by molar-refractivity contribution is 5.65. The first-order chi connectivity index (χ1) is 18.3. The number of aliphatic hydroxyl groups is 1. The molecule has 6 aliphatic rings. The highest BCUT2D eigenvalue weighted by Gasteiger charge is 2.80. The number of piperidine rings is 1. The average molecular weight is 516 g/mol. The summed E-state index contributed by atoms with van der Waals surface area (Å²) in [5, 5.41) is 12.3. The predicted molar refractivity (Wildman–Crippen MR) is 148 cm³/mol. The van der Waals surface area contributed by atoms with Gasteiger partial charge in [-0.3, -0.25) is 0 Å². The summed E-state index contributed by atoms with van der Waals surface area (Å²) in [4.78, 5) is 2.56. The highest BCUT2D eigenvalue weighted by Crippen LogP contribution is 2.75. The van der Waals surface area contributed by atoms with E-state index >= 15 is 0 Å². The van der Waals surface area contributed by atoms with Crippen LogP contribution < -0.4 is 9.47 Å². The van der Waals surface area contributed by atoms with E-state index in [4.69, 9.17) is 14.2 Å². The third kappa shape index (κ3) is 2.93. The van der Waals surface area contributed by atoms with Crippen LogP contribution in [0, 0.1) is 11.3 Å². The molecule has 1 saturated carbocycles. The first kappa shape index (κ1) is 24.7. The molecule has 2 aromatic rings. The van der Waals surface area contributed by atoms with Gasteiger partial charge < -0.3 is 24.2 Å². The lowest BCUT2D eigenvalue weighted by Gasteiger charge is -2.72. The second-order valence-corrected chi connectivity index (χ2v) is 12.8. The lowest BCUT2D eigenvalue weighted by molar-refractivity contribution is -0.246. The van der Waals surface area contributed by atoms with Crippen LogP contribution in [0.1, 0.15) is 56.2 Å². The maximum Gasteiger partial charge on any atom is 0.166 e. The van der Waals surface area contributed by atoms with Gasteiger partial charge in [-0.2, -0.15) is 0 Å². The van der Waals surface area contributed by atoms with E-state index in [9.17, 15) is 5.11 Å². The summed E-state index contributed by atoms with van der Waals surface area (Å²) in [5.41, 5.74) is 1.90. The Morgan fingerprint density at radius 1 is 1.16 bits per heavy atom. The van der Waals surface area contributed by atoms with Crippen LogP contribution in [-0.4, -0.2) is 60.7 Å². The topological polar surface area (TPSA) is 51.2 Å². The Labute approximate surface area is 226 Å². The van der Waals surface area contributed by atoms with E-state index in [2.05, 4.69) is 67.4 Å². The van der Waals surface area contributed by atoms with Crippen molar-refractivity contribution in [1.29, 1.82) is 0 Å². The van der Waals surface area contributed by atoms with Gasteiger partial charge in [-0.25, -0.2) is 0 Å². The molecule has 2 aliphatic heterocycles. The molecule has 0 amide bonds. The number of likely N-dealkylation sites (tertiary alicyclic amines) is 1. The Balaban J connectivity index is 1.40. The van der Waals surface area contributed by atoms with E-state index in [0.717, 1.165) is 55.7 Å². The molecule has 202 valence electrons. The van der Waals surface area contributed by atoms with Crippen LogP contribution in [-0.2, 0) is 23.0 Å². The number of nitrogens with zero attached hydrogens (tertiary/aromatic N) is 1. The lowest BCUT2D eigenvalue weighted by Crippen LogP contribution is -2.80. The smallest absolute Gasteiger partial charge is 0.166 e. The number of hydrogen-bond acceptors (Lipinski definition) is 5. The molecule has 0 aromatic heterocycles. The Hall–Kier alpha value is -2.34. The van der Waals surface area contributed by atoms with E-state index in [1.165, 1.54) is 11.1 Å². The molecule has 1 N–H and O–H groups in total. The fourth-order valence-electron chi connectivity index (χ4n) is 9.32. The first-order valence-electron chi connectivity index (χ1n) is 14.5. The van der Waals surface area contributed by atoms with Gasteiger partial charge in [0.2, 0.25) is 0 Å². The van der Waals surface area contributed by atoms with Crippen molar-refractivity contribution in [1.82, 2.24) is 4.90 Å². The van der Waals surface area contributed by atoms with Crippen molar-refractivity contribution in [2.75, 3.05) is 27.3 Å². The van der Waals surface area contributed by atoms with Crippen LogP contribution in [0.25, 0.3) is 0 Å². The van der Waals surface area contributed by atoms with Gasteiger partial charge in [0.15, 0.2) is 11.5 Å². The number of likely N-dealkylation sites (N-methyl/N-ethyl adjacent to an activating group) is 1. The van der Waals surface area contributed by atoms with Crippen molar-refractivity contribution in [2.45, 2.75) is 81.1 Å². The summed E-state index contributed by atoms with van der Waals surface area (Å²) in [7, 11) is 4.09. The molecular weight excluding hydrogens is 474 g/mol. The minimum atomic E-state index is -0.970. The van der Waals surface area contributed by atoms with Crippen molar-refractivity contribution in [2.24, 2.45) is 11.3 Å². The quantitative estimate of drug-likeness (QED) is 0.393. The number of methoxy groups -OCH3 is 1. The Kier molecular flexibility index (Phi) is 5.41. The molecule has 0 radical (unpaired) electrons. The number of unbranched alkanes of at least 4 members (excludes halogenated alkanes) is 1. The molecule has 2 heterocycles. The third-order valence-electron chi connectivity index (χ3n) is 11.0. The largest absolute Gasteiger partial charge is 0.490 e. The van der Waals surface area contributed by atoms with Gasteiger partial charge in [0.25, 0.3) is 0 Å². The predicted octanol–water partition coefficient (Wildman–Crippen LogP) is 5.08. The van der Waals surface area contributed by atoms with E-state index in [0.29, 0.717) is 19.1 Å². The average Bonchev–Trinajstić information content (AvgIpc) is 3.29. The molecule has 4 aliphatic carbocycles. The van der Waals surface area contributed by atoms with Crippen LogP contribution in [0.2, 0.25) is 0 Å². The summed E-state index contributed by atoms with van der Waals surface area (Å²) < 4.78 is 20.1. The zero-order chi connectivity index (χ0) is 26.3. The van der Waals surface area contributed by atoms with Crippen LogP contribution in [0.5, 0.6) is 11.5 Å². The third-order valence-corrected chi connectivity index (χ3v) is 11.0. The standard InChI is InChI=1S/C33H41NO4/c1-5-6-18-37-24-13-12-23-19-26-31-14-15-33(36-4,25(21-31)30(2,35)20-22-10-8-7-9-11-22)29-32(31,16-17-34(26)3)27(23)28(24)38-29/h7-15,25-26,29,35H,5-6,16-21H2,1-4H3/t25-,26-,29-,30+,31-,32+,33-/m1/s1. The van der Waals surface area contributed by atoms with Gasteiger partial charge in [0, 0.05) is 36.5 Å². The lowest BCUT2D eigenvalue weighted by atomic mass is 9.36. The number of ether oxygens (including phenoxy) is 3. The van der Waals surface area contributed by atoms with E-state index in [1.807, 2.05) is 20.1 Å². The zero-order valence-electron chi connectivity index (χ0n) is 23.2. The van der Waals surface area contributed by atoms with E-state index in [-0.39, 0.29) is 22.9 Å².